The van der Waals surface area contributed by atoms with E-state index >= 15 is 0 Å². The number of nitro groups is 1. The largest absolute Gasteiger partial charge is 0.399 e. The Morgan fingerprint density at radius 1 is 1.33 bits per heavy atom. The van der Waals surface area contributed by atoms with Gasteiger partial charge in [-0.1, -0.05) is 6.42 Å². The van der Waals surface area contributed by atoms with Crippen molar-refractivity contribution < 1.29 is 9.72 Å². The molecule has 0 radical (unpaired) electrons. The zero-order valence-corrected chi connectivity index (χ0v) is 10.1. The van der Waals surface area contributed by atoms with E-state index in [9.17, 15) is 14.9 Å². The number of carbonyl (C=O) groups excluding carboxylic acids is 1. The normalized spacial score (nSPS) is 10.0. The van der Waals surface area contributed by atoms with Crippen LogP contribution >= 0.6 is 0 Å². The van der Waals surface area contributed by atoms with Crippen molar-refractivity contribution in [1.29, 1.82) is 0 Å². The van der Waals surface area contributed by atoms with Crippen molar-refractivity contribution in [3.05, 3.63) is 28.3 Å². The average Bonchev–Trinajstić information content (AvgIpc) is 2.35. The molecule has 0 fully saturated rings. The Labute approximate surface area is 105 Å². The summed E-state index contributed by atoms with van der Waals surface area (Å²) in [7, 11) is 0. The van der Waals surface area contributed by atoms with Crippen molar-refractivity contribution in [2.45, 2.75) is 25.7 Å². The molecule has 18 heavy (non-hydrogen) atoms. The molecule has 0 spiro atoms. The standard InChI is InChI=1S/C12H17N3O3/c13-10-5-6-11(12(9-10)15(17)18)14-7-3-1-2-4-8-16/h5-6,8-9,14H,1-4,7,13H2. The first-order valence-electron chi connectivity index (χ1n) is 5.86. The molecule has 0 unspecified atom stereocenters. The lowest BCUT2D eigenvalue weighted by atomic mass is 10.2. The summed E-state index contributed by atoms with van der Waals surface area (Å²) in [5.41, 5.74) is 6.35. The minimum absolute atomic E-state index is 0.0112. The molecular weight excluding hydrogens is 234 g/mol. The summed E-state index contributed by atoms with van der Waals surface area (Å²) in [4.78, 5) is 20.5. The summed E-state index contributed by atoms with van der Waals surface area (Å²) in [5.74, 6) is 0. The summed E-state index contributed by atoms with van der Waals surface area (Å²) in [6.45, 7) is 0.642. The monoisotopic (exact) mass is 251 g/mol. The fourth-order valence-electron chi connectivity index (χ4n) is 1.60. The smallest absolute Gasteiger partial charge is 0.294 e. The second kappa shape index (κ2) is 7.26. The Kier molecular flexibility index (Phi) is 5.63. The number of benzene rings is 1. The first kappa shape index (κ1) is 14.0. The Balaban J connectivity index is 2.46. The van der Waals surface area contributed by atoms with E-state index in [0.29, 0.717) is 24.3 Å². The van der Waals surface area contributed by atoms with Gasteiger partial charge in [-0.05, 0) is 25.0 Å². The highest BCUT2D eigenvalue weighted by Gasteiger charge is 2.13. The molecule has 1 rings (SSSR count). The van der Waals surface area contributed by atoms with E-state index in [2.05, 4.69) is 5.32 Å². The molecule has 0 aliphatic carbocycles. The van der Waals surface area contributed by atoms with Crippen LogP contribution in [0.15, 0.2) is 18.2 Å². The molecule has 6 heteroatoms. The molecule has 0 atom stereocenters. The highest BCUT2D eigenvalue weighted by Crippen LogP contribution is 2.26. The SMILES string of the molecule is Nc1ccc(NCCCCCC=O)c([N+](=O)[O-])c1. The predicted molar refractivity (Wildman–Crippen MR) is 70.5 cm³/mol. The number of anilines is 2. The predicted octanol–water partition coefficient (Wildman–Crippen LogP) is 2.35. The fraction of sp³-hybridized carbons (Fsp3) is 0.417. The first-order chi connectivity index (χ1) is 8.65. The van der Waals surface area contributed by atoms with Crippen molar-refractivity contribution in [2.24, 2.45) is 0 Å². The molecule has 0 saturated carbocycles. The summed E-state index contributed by atoms with van der Waals surface area (Å²) in [6, 6.07) is 4.58. The molecule has 0 aromatic heterocycles. The zero-order chi connectivity index (χ0) is 13.4. The maximum absolute atomic E-state index is 10.8. The maximum atomic E-state index is 10.8. The number of hydrogen-bond acceptors (Lipinski definition) is 5. The van der Waals surface area contributed by atoms with Gasteiger partial charge in [0, 0.05) is 24.7 Å². The molecule has 1 aromatic carbocycles. The van der Waals surface area contributed by atoms with E-state index in [0.717, 1.165) is 25.5 Å². The van der Waals surface area contributed by atoms with Crippen LogP contribution in [0.25, 0.3) is 0 Å². The van der Waals surface area contributed by atoms with Crippen LogP contribution in [0.5, 0.6) is 0 Å². The summed E-state index contributed by atoms with van der Waals surface area (Å²) in [5, 5.41) is 13.8. The molecular formula is C12H17N3O3. The number of nitrogens with zero attached hydrogens (tertiary/aromatic N) is 1. The first-order valence-corrected chi connectivity index (χ1v) is 5.86. The summed E-state index contributed by atoms with van der Waals surface area (Å²) in [6.07, 6.45) is 4.12. The van der Waals surface area contributed by atoms with E-state index < -0.39 is 4.92 Å². The number of rotatable bonds is 8. The van der Waals surface area contributed by atoms with Crippen LogP contribution in [0.1, 0.15) is 25.7 Å². The van der Waals surface area contributed by atoms with Crippen LogP contribution in [0, 0.1) is 10.1 Å². The minimum atomic E-state index is -0.453. The molecule has 3 N–H and O–H groups in total. The van der Waals surface area contributed by atoms with E-state index in [1.54, 1.807) is 12.1 Å². The molecule has 6 nitrogen and oxygen atoms in total. The van der Waals surface area contributed by atoms with E-state index in [1.165, 1.54) is 6.07 Å². The quantitative estimate of drug-likeness (QED) is 0.243. The van der Waals surface area contributed by atoms with E-state index in [-0.39, 0.29) is 5.69 Å². The van der Waals surface area contributed by atoms with Gasteiger partial charge in [0.1, 0.15) is 12.0 Å². The number of carbonyl (C=O) groups is 1. The number of nitro benzene ring substituents is 1. The third-order valence-corrected chi connectivity index (χ3v) is 2.53. The van der Waals surface area contributed by atoms with Crippen molar-refractivity contribution in [3.63, 3.8) is 0 Å². The number of nitrogens with one attached hydrogen (secondary N) is 1. The lowest BCUT2D eigenvalue weighted by Gasteiger charge is -2.07. The maximum Gasteiger partial charge on any atom is 0.294 e. The average molecular weight is 251 g/mol. The topological polar surface area (TPSA) is 98.3 Å². The molecule has 0 bridgehead atoms. The molecule has 98 valence electrons. The second-order valence-corrected chi connectivity index (χ2v) is 3.98. The van der Waals surface area contributed by atoms with Crippen molar-refractivity contribution in [2.75, 3.05) is 17.6 Å². The van der Waals surface area contributed by atoms with Gasteiger partial charge in [0.05, 0.1) is 4.92 Å². The van der Waals surface area contributed by atoms with Crippen LogP contribution in [0.4, 0.5) is 17.1 Å². The Hall–Kier alpha value is -2.11. The molecule has 0 aliphatic heterocycles. The lowest BCUT2D eigenvalue weighted by molar-refractivity contribution is -0.383. The van der Waals surface area contributed by atoms with E-state index in [4.69, 9.17) is 5.73 Å². The van der Waals surface area contributed by atoms with Gasteiger partial charge in [-0.2, -0.15) is 0 Å². The number of nitrogens with two attached hydrogens (primary N) is 1. The number of hydrogen-bond donors (Lipinski definition) is 2. The number of nitrogen functional groups attached to an aromatic ring is 1. The van der Waals surface area contributed by atoms with Gasteiger partial charge < -0.3 is 15.8 Å². The third kappa shape index (κ3) is 4.40. The van der Waals surface area contributed by atoms with Crippen molar-refractivity contribution in [1.82, 2.24) is 0 Å². The van der Waals surface area contributed by atoms with Gasteiger partial charge in [0.2, 0.25) is 0 Å². The number of aldehydes is 1. The van der Waals surface area contributed by atoms with Gasteiger partial charge in [0.25, 0.3) is 5.69 Å². The van der Waals surface area contributed by atoms with Crippen LogP contribution in [-0.4, -0.2) is 17.8 Å². The van der Waals surface area contributed by atoms with Crippen LogP contribution in [0.2, 0.25) is 0 Å². The van der Waals surface area contributed by atoms with Crippen molar-refractivity contribution in [3.8, 4) is 0 Å². The Morgan fingerprint density at radius 2 is 2.11 bits per heavy atom. The van der Waals surface area contributed by atoms with E-state index in [1.807, 2.05) is 0 Å². The zero-order valence-electron chi connectivity index (χ0n) is 10.1. The Morgan fingerprint density at radius 3 is 2.78 bits per heavy atom. The molecule has 0 saturated heterocycles. The highest BCUT2D eigenvalue weighted by atomic mass is 16.6. The van der Waals surface area contributed by atoms with Crippen LogP contribution < -0.4 is 11.1 Å². The van der Waals surface area contributed by atoms with Gasteiger partial charge >= 0.3 is 0 Å². The van der Waals surface area contributed by atoms with Crippen molar-refractivity contribution >= 4 is 23.3 Å². The van der Waals surface area contributed by atoms with Gasteiger partial charge in [0.15, 0.2) is 0 Å². The van der Waals surface area contributed by atoms with Gasteiger partial charge in [-0.25, -0.2) is 0 Å². The van der Waals surface area contributed by atoms with Crippen LogP contribution in [-0.2, 0) is 4.79 Å². The second-order valence-electron chi connectivity index (χ2n) is 3.98. The molecule has 0 heterocycles. The van der Waals surface area contributed by atoms with Gasteiger partial charge in [-0.15, -0.1) is 0 Å². The van der Waals surface area contributed by atoms with Crippen LogP contribution in [0.3, 0.4) is 0 Å². The minimum Gasteiger partial charge on any atom is -0.399 e. The summed E-state index contributed by atoms with van der Waals surface area (Å²) < 4.78 is 0. The fourth-order valence-corrected chi connectivity index (χ4v) is 1.60. The highest BCUT2D eigenvalue weighted by molar-refractivity contribution is 5.66. The third-order valence-electron chi connectivity index (χ3n) is 2.53. The summed E-state index contributed by atoms with van der Waals surface area (Å²) >= 11 is 0. The Bertz CT molecular complexity index is 421. The molecule has 0 aliphatic rings. The number of unbranched alkanes of at least 4 members (excludes halogenated alkanes) is 3. The molecule has 1 aromatic rings. The van der Waals surface area contributed by atoms with Gasteiger partial charge in [-0.3, -0.25) is 10.1 Å². The lowest BCUT2D eigenvalue weighted by Crippen LogP contribution is -2.04. The molecule has 0 amide bonds.